The van der Waals surface area contributed by atoms with Gasteiger partial charge in [-0.05, 0) is 47.0 Å². The molecule has 2 aromatic carbocycles. The number of thioether (sulfide) groups is 1. The first-order valence-electron chi connectivity index (χ1n) is 9.44. The molecule has 1 unspecified atom stereocenters. The van der Waals surface area contributed by atoms with Crippen LogP contribution in [-0.4, -0.2) is 38.5 Å². The Kier molecular flexibility index (Phi) is 6.87. The Labute approximate surface area is 174 Å². The quantitative estimate of drug-likeness (QED) is 0.571. The van der Waals surface area contributed by atoms with Crippen LogP contribution >= 0.6 is 11.8 Å². The molecule has 7 nitrogen and oxygen atoms in total. The van der Waals surface area contributed by atoms with E-state index in [-0.39, 0.29) is 11.2 Å². The maximum atomic E-state index is 12.6. The molecule has 8 heteroatoms. The number of para-hydroxylation sites is 1. The van der Waals surface area contributed by atoms with Crippen LogP contribution in [0.1, 0.15) is 37.8 Å². The number of carbonyl (C=O) groups is 1. The van der Waals surface area contributed by atoms with Crippen LogP contribution < -0.4 is 10.1 Å². The van der Waals surface area contributed by atoms with Crippen molar-refractivity contribution in [2.24, 2.45) is 0 Å². The molecule has 1 atom stereocenters. The monoisotopic (exact) mass is 411 g/mol. The average Bonchev–Trinajstić information content (AvgIpc) is 3.20. The summed E-state index contributed by atoms with van der Waals surface area (Å²) >= 11 is 1.32. The highest BCUT2D eigenvalue weighted by Crippen LogP contribution is 2.24. The molecule has 0 aliphatic rings. The number of rotatable bonds is 8. The van der Waals surface area contributed by atoms with Crippen LogP contribution in [0, 0.1) is 0 Å². The zero-order chi connectivity index (χ0) is 20.8. The zero-order valence-corrected chi connectivity index (χ0v) is 17.8. The molecule has 0 saturated carbocycles. The summed E-state index contributed by atoms with van der Waals surface area (Å²) in [4.78, 5) is 12.6. The highest BCUT2D eigenvalue weighted by Gasteiger charge is 2.19. The Morgan fingerprint density at radius 3 is 2.55 bits per heavy atom. The lowest BCUT2D eigenvalue weighted by atomic mass is 10.0. The van der Waals surface area contributed by atoms with Crippen molar-refractivity contribution in [3.63, 3.8) is 0 Å². The number of methoxy groups -OCH3 is 1. The SMILES string of the molecule is COc1ccccc1CNC(=O)C(C)Sc1nnnn1-c1ccc(C(C)C)cc1. The van der Waals surface area contributed by atoms with E-state index in [0.29, 0.717) is 17.6 Å². The third-order valence-corrected chi connectivity index (χ3v) is 5.58. The average molecular weight is 412 g/mol. The summed E-state index contributed by atoms with van der Waals surface area (Å²) in [5.41, 5.74) is 3.04. The normalized spacial score (nSPS) is 12.0. The number of nitrogens with one attached hydrogen (secondary N) is 1. The molecule has 0 spiro atoms. The molecule has 29 heavy (non-hydrogen) atoms. The minimum Gasteiger partial charge on any atom is -0.496 e. The van der Waals surface area contributed by atoms with E-state index in [1.54, 1.807) is 11.8 Å². The summed E-state index contributed by atoms with van der Waals surface area (Å²) in [5, 5.41) is 15.1. The topological polar surface area (TPSA) is 81.9 Å². The lowest BCUT2D eigenvalue weighted by Gasteiger charge is -2.13. The molecule has 1 aromatic heterocycles. The van der Waals surface area contributed by atoms with Crippen molar-refractivity contribution in [3.8, 4) is 11.4 Å². The van der Waals surface area contributed by atoms with Gasteiger partial charge in [-0.1, -0.05) is 55.9 Å². The van der Waals surface area contributed by atoms with Gasteiger partial charge in [-0.15, -0.1) is 5.10 Å². The van der Waals surface area contributed by atoms with Gasteiger partial charge in [0.15, 0.2) is 0 Å². The number of nitrogens with zero attached hydrogens (tertiary/aromatic N) is 4. The Morgan fingerprint density at radius 1 is 1.14 bits per heavy atom. The van der Waals surface area contributed by atoms with Crippen molar-refractivity contribution in [3.05, 3.63) is 59.7 Å². The molecule has 0 radical (unpaired) electrons. The van der Waals surface area contributed by atoms with Crippen molar-refractivity contribution < 1.29 is 9.53 Å². The smallest absolute Gasteiger partial charge is 0.233 e. The Morgan fingerprint density at radius 2 is 1.86 bits per heavy atom. The summed E-state index contributed by atoms with van der Waals surface area (Å²) < 4.78 is 6.98. The van der Waals surface area contributed by atoms with Crippen LogP contribution in [0.5, 0.6) is 5.75 Å². The summed E-state index contributed by atoms with van der Waals surface area (Å²) in [7, 11) is 1.62. The fourth-order valence-corrected chi connectivity index (χ4v) is 3.63. The number of benzene rings is 2. The molecule has 1 N–H and O–H groups in total. The molecule has 1 amide bonds. The van der Waals surface area contributed by atoms with Crippen LogP contribution in [0.15, 0.2) is 53.7 Å². The van der Waals surface area contributed by atoms with E-state index in [9.17, 15) is 4.79 Å². The molecule has 0 fully saturated rings. The van der Waals surface area contributed by atoms with Gasteiger partial charge < -0.3 is 10.1 Å². The van der Waals surface area contributed by atoms with E-state index in [0.717, 1.165) is 17.0 Å². The van der Waals surface area contributed by atoms with E-state index in [1.807, 2.05) is 43.3 Å². The van der Waals surface area contributed by atoms with Crippen LogP contribution in [-0.2, 0) is 11.3 Å². The highest BCUT2D eigenvalue weighted by atomic mass is 32.2. The number of tetrazole rings is 1. The third-order valence-electron chi connectivity index (χ3n) is 4.54. The second kappa shape index (κ2) is 9.56. The number of amides is 1. The van der Waals surface area contributed by atoms with Gasteiger partial charge in [0.1, 0.15) is 5.75 Å². The first-order chi connectivity index (χ1) is 14.0. The molecule has 0 bridgehead atoms. The second-order valence-electron chi connectivity index (χ2n) is 6.91. The Balaban J connectivity index is 1.64. The number of hydrogen-bond acceptors (Lipinski definition) is 6. The van der Waals surface area contributed by atoms with Gasteiger partial charge in [0.05, 0.1) is 18.0 Å². The summed E-state index contributed by atoms with van der Waals surface area (Å²) in [6.07, 6.45) is 0. The predicted octanol–water partition coefficient (Wildman–Crippen LogP) is 3.59. The molecule has 3 aromatic rings. The van der Waals surface area contributed by atoms with E-state index < -0.39 is 0 Å². The fraction of sp³-hybridized carbons (Fsp3) is 0.333. The van der Waals surface area contributed by atoms with Gasteiger partial charge in [0.25, 0.3) is 0 Å². The third kappa shape index (κ3) is 5.14. The van der Waals surface area contributed by atoms with E-state index in [1.165, 1.54) is 17.3 Å². The van der Waals surface area contributed by atoms with Crippen molar-refractivity contribution in [2.45, 2.75) is 43.6 Å². The molecule has 3 rings (SSSR count). The molecule has 0 aliphatic heterocycles. The lowest BCUT2D eigenvalue weighted by molar-refractivity contribution is -0.120. The van der Waals surface area contributed by atoms with Crippen molar-refractivity contribution >= 4 is 17.7 Å². The second-order valence-corrected chi connectivity index (χ2v) is 8.22. The number of aromatic nitrogens is 4. The molecule has 1 heterocycles. The van der Waals surface area contributed by atoms with Crippen LogP contribution in [0.3, 0.4) is 0 Å². The number of carbonyl (C=O) groups excluding carboxylic acids is 1. The summed E-state index contributed by atoms with van der Waals surface area (Å²) in [5.74, 6) is 1.12. The van der Waals surface area contributed by atoms with Gasteiger partial charge in [0.2, 0.25) is 11.1 Å². The Hall–Kier alpha value is -2.87. The van der Waals surface area contributed by atoms with E-state index >= 15 is 0 Å². The number of ether oxygens (including phenoxy) is 1. The zero-order valence-electron chi connectivity index (χ0n) is 17.0. The summed E-state index contributed by atoms with van der Waals surface area (Å²) in [6.45, 7) is 6.54. The first-order valence-corrected chi connectivity index (χ1v) is 10.3. The fourth-order valence-electron chi connectivity index (χ4n) is 2.80. The van der Waals surface area contributed by atoms with Gasteiger partial charge in [-0.2, -0.15) is 4.68 Å². The molecule has 152 valence electrons. The van der Waals surface area contributed by atoms with Crippen molar-refractivity contribution in [1.82, 2.24) is 25.5 Å². The molecule has 0 aliphatic carbocycles. The van der Waals surface area contributed by atoms with E-state index in [2.05, 4.69) is 46.8 Å². The van der Waals surface area contributed by atoms with Gasteiger partial charge >= 0.3 is 0 Å². The van der Waals surface area contributed by atoms with Crippen molar-refractivity contribution in [2.75, 3.05) is 7.11 Å². The van der Waals surface area contributed by atoms with Crippen LogP contribution in [0.25, 0.3) is 5.69 Å². The standard InChI is InChI=1S/C21H25N5O2S/c1-14(2)16-9-11-18(12-10-16)26-21(23-24-25-26)29-15(3)20(27)22-13-17-7-5-6-8-19(17)28-4/h5-12,14-15H,13H2,1-4H3,(H,22,27). The minimum absolute atomic E-state index is 0.0920. The summed E-state index contributed by atoms with van der Waals surface area (Å²) in [6, 6.07) is 15.7. The van der Waals surface area contributed by atoms with Crippen LogP contribution in [0.4, 0.5) is 0 Å². The maximum absolute atomic E-state index is 12.6. The van der Waals surface area contributed by atoms with Crippen LogP contribution in [0.2, 0.25) is 0 Å². The molecular weight excluding hydrogens is 386 g/mol. The van der Waals surface area contributed by atoms with Crippen molar-refractivity contribution in [1.29, 1.82) is 0 Å². The van der Waals surface area contributed by atoms with Gasteiger partial charge in [0, 0.05) is 12.1 Å². The highest BCUT2D eigenvalue weighted by molar-refractivity contribution is 8.00. The van der Waals surface area contributed by atoms with Gasteiger partial charge in [-0.3, -0.25) is 4.79 Å². The Bertz CT molecular complexity index is 956. The molecule has 0 saturated heterocycles. The largest absolute Gasteiger partial charge is 0.496 e. The number of hydrogen-bond donors (Lipinski definition) is 1. The lowest BCUT2D eigenvalue weighted by Crippen LogP contribution is -2.30. The maximum Gasteiger partial charge on any atom is 0.233 e. The predicted molar refractivity (Wildman–Crippen MR) is 113 cm³/mol. The van der Waals surface area contributed by atoms with E-state index in [4.69, 9.17) is 4.74 Å². The minimum atomic E-state index is -0.357. The molecular formula is C21H25N5O2S. The first kappa shape index (κ1) is 20.9. The van der Waals surface area contributed by atoms with Gasteiger partial charge in [-0.25, -0.2) is 0 Å².